The molecule has 2 unspecified atom stereocenters. The largest absolute Gasteiger partial charge is 0.491 e. The molecule has 1 fully saturated rings. The third-order valence-electron chi connectivity index (χ3n) is 4.79. The van der Waals surface area contributed by atoms with E-state index in [1.807, 2.05) is 32.0 Å². The van der Waals surface area contributed by atoms with Crippen LogP contribution in [0.1, 0.15) is 43.7 Å². The Kier molecular flexibility index (Phi) is 6.63. The summed E-state index contributed by atoms with van der Waals surface area (Å²) in [7, 11) is 1.65. The molecule has 3 N–H and O–H groups in total. The second kappa shape index (κ2) is 8.49. The lowest BCUT2D eigenvalue weighted by Crippen LogP contribution is -2.52. The topological polar surface area (TPSA) is 73.6 Å². The molecule has 0 saturated heterocycles. The summed E-state index contributed by atoms with van der Waals surface area (Å²) in [5, 5.41) is 3.04. The minimum atomic E-state index is -0.409. The summed E-state index contributed by atoms with van der Waals surface area (Å²) in [6.45, 7) is 5.49. The van der Waals surface area contributed by atoms with Crippen molar-refractivity contribution in [2.45, 2.75) is 51.6 Å². The zero-order valence-electron chi connectivity index (χ0n) is 15.1. The molecular weight excluding hydrogens is 304 g/mol. The smallest absolute Gasteiger partial charge is 0.225 e. The molecule has 0 aromatic heterocycles. The molecule has 1 aliphatic carbocycles. The van der Waals surface area contributed by atoms with E-state index in [-0.39, 0.29) is 11.8 Å². The Bertz CT molecular complexity index is 558. The molecule has 0 radical (unpaired) electrons. The molecule has 24 heavy (non-hydrogen) atoms. The number of hydrogen-bond acceptors (Lipinski definition) is 4. The van der Waals surface area contributed by atoms with Gasteiger partial charge >= 0.3 is 0 Å². The first-order valence-electron chi connectivity index (χ1n) is 8.72. The SMILES string of the molecule is COCCOc1cc(C)ccc1CNC(=O)C1CCCCC1(C)N. The van der Waals surface area contributed by atoms with Gasteiger partial charge in [-0.05, 0) is 38.3 Å². The van der Waals surface area contributed by atoms with Crippen molar-refractivity contribution in [3.8, 4) is 5.75 Å². The van der Waals surface area contributed by atoms with Crippen LogP contribution >= 0.6 is 0 Å². The molecule has 0 heterocycles. The zero-order chi connectivity index (χ0) is 17.6. The van der Waals surface area contributed by atoms with Crippen molar-refractivity contribution in [3.63, 3.8) is 0 Å². The quantitative estimate of drug-likeness (QED) is 0.752. The first-order valence-corrected chi connectivity index (χ1v) is 8.72. The lowest BCUT2D eigenvalue weighted by Gasteiger charge is -2.37. The van der Waals surface area contributed by atoms with E-state index in [9.17, 15) is 4.79 Å². The number of aryl methyl sites for hydroxylation is 1. The van der Waals surface area contributed by atoms with E-state index >= 15 is 0 Å². The molecule has 5 heteroatoms. The minimum absolute atomic E-state index is 0.0446. The molecule has 5 nitrogen and oxygen atoms in total. The minimum Gasteiger partial charge on any atom is -0.491 e. The van der Waals surface area contributed by atoms with Crippen molar-refractivity contribution >= 4 is 5.91 Å². The van der Waals surface area contributed by atoms with Crippen LogP contribution < -0.4 is 15.8 Å². The van der Waals surface area contributed by atoms with Crippen molar-refractivity contribution in [1.29, 1.82) is 0 Å². The summed E-state index contributed by atoms with van der Waals surface area (Å²) < 4.78 is 10.8. The van der Waals surface area contributed by atoms with E-state index in [1.54, 1.807) is 7.11 Å². The van der Waals surface area contributed by atoms with Crippen molar-refractivity contribution in [1.82, 2.24) is 5.32 Å². The number of amides is 1. The number of hydrogen-bond donors (Lipinski definition) is 2. The highest BCUT2D eigenvalue weighted by molar-refractivity contribution is 5.80. The standard InChI is InChI=1S/C19H30N2O3/c1-14-7-8-15(17(12-14)24-11-10-23-3)13-21-18(22)16-6-4-5-9-19(16,2)20/h7-8,12,16H,4-6,9-11,13,20H2,1-3H3,(H,21,22). The Morgan fingerprint density at radius 1 is 1.38 bits per heavy atom. The number of ether oxygens (including phenoxy) is 2. The number of rotatable bonds is 7. The maximum atomic E-state index is 12.6. The molecule has 1 amide bonds. The van der Waals surface area contributed by atoms with Crippen LogP contribution in [-0.4, -0.2) is 31.8 Å². The fourth-order valence-electron chi connectivity index (χ4n) is 3.27. The molecule has 0 spiro atoms. The highest BCUT2D eigenvalue weighted by Gasteiger charge is 2.37. The molecule has 0 bridgehead atoms. The predicted octanol–water partition coefficient (Wildman–Crippen LogP) is 2.54. The van der Waals surface area contributed by atoms with Gasteiger partial charge in [0.15, 0.2) is 0 Å². The molecule has 2 atom stereocenters. The van der Waals surface area contributed by atoms with E-state index < -0.39 is 5.54 Å². The molecular formula is C19H30N2O3. The van der Waals surface area contributed by atoms with Crippen LogP contribution in [0.2, 0.25) is 0 Å². The molecule has 1 saturated carbocycles. The molecule has 1 aromatic rings. The van der Waals surface area contributed by atoms with Crippen molar-refractivity contribution in [2.75, 3.05) is 20.3 Å². The predicted molar refractivity (Wildman–Crippen MR) is 94.9 cm³/mol. The van der Waals surface area contributed by atoms with E-state index in [2.05, 4.69) is 5.32 Å². The van der Waals surface area contributed by atoms with Crippen LogP contribution in [-0.2, 0) is 16.1 Å². The van der Waals surface area contributed by atoms with E-state index in [0.717, 1.165) is 42.6 Å². The van der Waals surface area contributed by atoms with Gasteiger partial charge in [0.1, 0.15) is 12.4 Å². The highest BCUT2D eigenvalue weighted by Crippen LogP contribution is 2.31. The summed E-state index contributed by atoms with van der Waals surface area (Å²) >= 11 is 0. The Morgan fingerprint density at radius 3 is 2.88 bits per heavy atom. The monoisotopic (exact) mass is 334 g/mol. The molecule has 1 aromatic carbocycles. The average molecular weight is 334 g/mol. The van der Waals surface area contributed by atoms with Gasteiger partial charge in [-0.3, -0.25) is 4.79 Å². The van der Waals surface area contributed by atoms with Gasteiger partial charge in [0.25, 0.3) is 0 Å². The summed E-state index contributed by atoms with van der Waals surface area (Å²) in [5.74, 6) is 0.726. The number of nitrogens with two attached hydrogens (primary N) is 1. The van der Waals surface area contributed by atoms with Gasteiger partial charge < -0.3 is 20.5 Å². The highest BCUT2D eigenvalue weighted by atomic mass is 16.5. The van der Waals surface area contributed by atoms with E-state index in [0.29, 0.717) is 19.8 Å². The Hall–Kier alpha value is -1.59. The average Bonchev–Trinajstić information content (AvgIpc) is 2.53. The van der Waals surface area contributed by atoms with Gasteiger partial charge in [-0.15, -0.1) is 0 Å². The van der Waals surface area contributed by atoms with Crippen molar-refractivity contribution < 1.29 is 14.3 Å². The molecule has 134 valence electrons. The Balaban J connectivity index is 1.99. The third-order valence-corrected chi connectivity index (χ3v) is 4.79. The van der Waals surface area contributed by atoms with E-state index in [4.69, 9.17) is 15.2 Å². The first kappa shape index (κ1) is 18.7. The van der Waals surface area contributed by atoms with Gasteiger partial charge in [0.05, 0.1) is 12.5 Å². The van der Waals surface area contributed by atoms with Gasteiger partial charge in [0, 0.05) is 24.8 Å². The summed E-state index contributed by atoms with van der Waals surface area (Å²) in [6, 6.07) is 6.02. The van der Waals surface area contributed by atoms with Crippen LogP contribution in [0, 0.1) is 12.8 Å². The van der Waals surface area contributed by atoms with Crippen LogP contribution in [0.4, 0.5) is 0 Å². The van der Waals surface area contributed by atoms with Crippen LogP contribution in [0.5, 0.6) is 5.75 Å². The first-order chi connectivity index (χ1) is 11.4. The van der Waals surface area contributed by atoms with Crippen molar-refractivity contribution in [3.05, 3.63) is 29.3 Å². The fraction of sp³-hybridized carbons (Fsp3) is 0.632. The number of nitrogens with one attached hydrogen (secondary N) is 1. The fourth-order valence-corrected chi connectivity index (χ4v) is 3.27. The third kappa shape index (κ3) is 4.95. The molecule has 0 aliphatic heterocycles. The second-order valence-electron chi connectivity index (χ2n) is 6.97. The second-order valence-corrected chi connectivity index (χ2v) is 6.97. The van der Waals surface area contributed by atoms with Crippen LogP contribution in [0.15, 0.2) is 18.2 Å². The number of carbonyl (C=O) groups is 1. The Labute approximate surface area is 144 Å². The van der Waals surface area contributed by atoms with Gasteiger partial charge in [-0.2, -0.15) is 0 Å². The lowest BCUT2D eigenvalue weighted by molar-refractivity contribution is -0.128. The van der Waals surface area contributed by atoms with Crippen LogP contribution in [0.25, 0.3) is 0 Å². The lowest BCUT2D eigenvalue weighted by atomic mass is 9.74. The van der Waals surface area contributed by atoms with Crippen LogP contribution in [0.3, 0.4) is 0 Å². The number of methoxy groups -OCH3 is 1. The summed E-state index contributed by atoms with van der Waals surface area (Å²) in [6.07, 6.45) is 3.94. The normalized spacial score (nSPS) is 23.8. The van der Waals surface area contributed by atoms with Gasteiger partial charge in [0.2, 0.25) is 5.91 Å². The van der Waals surface area contributed by atoms with Crippen molar-refractivity contribution in [2.24, 2.45) is 11.7 Å². The van der Waals surface area contributed by atoms with E-state index in [1.165, 1.54) is 0 Å². The number of benzene rings is 1. The number of carbonyl (C=O) groups excluding carboxylic acids is 1. The molecule has 1 aliphatic rings. The maximum Gasteiger partial charge on any atom is 0.225 e. The summed E-state index contributed by atoms with van der Waals surface area (Å²) in [5.41, 5.74) is 8.01. The maximum absolute atomic E-state index is 12.6. The Morgan fingerprint density at radius 2 is 2.17 bits per heavy atom. The molecule has 2 rings (SSSR count). The summed E-state index contributed by atoms with van der Waals surface area (Å²) in [4.78, 5) is 12.6. The van der Waals surface area contributed by atoms with Gasteiger partial charge in [-0.25, -0.2) is 0 Å². The zero-order valence-corrected chi connectivity index (χ0v) is 15.1. The van der Waals surface area contributed by atoms with Gasteiger partial charge in [-0.1, -0.05) is 25.0 Å².